The molecule has 110 valence electrons. The fraction of sp³-hybridized carbons (Fsp3) is 0.353. The predicted octanol–water partition coefficient (Wildman–Crippen LogP) is 2.78. The van der Waals surface area contributed by atoms with E-state index >= 15 is 0 Å². The molecule has 0 atom stereocenters. The fourth-order valence-electron chi connectivity index (χ4n) is 2.71. The van der Waals surface area contributed by atoms with Crippen LogP contribution in [0.15, 0.2) is 30.3 Å². The zero-order valence-electron chi connectivity index (χ0n) is 12.6. The Morgan fingerprint density at radius 3 is 2.62 bits per heavy atom. The average Bonchev–Trinajstić information content (AvgIpc) is 2.50. The third-order valence-corrected chi connectivity index (χ3v) is 3.85. The SMILES string of the molecule is Cc1cc(-c2cc(N)ccc2C)cc(N2CCOCC2)n1. The number of nitrogens with zero attached hydrogens (tertiary/aromatic N) is 2. The van der Waals surface area contributed by atoms with E-state index in [1.54, 1.807) is 0 Å². The number of hydrogen-bond donors (Lipinski definition) is 1. The summed E-state index contributed by atoms with van der Waals surface area (Å²) in [5.41, 5.74) is 11.3. The first-order valence-electron chi connectivity index (χ1n) is 7.31. The number of hydrogen-bond acceptors (Lipinski definition) is 4. The van der Waals surface area contributed by atoms with Crippen molar-refractivity contribution in [3.8, 4) is 11.1 Å². The van der Waals surface area contributed by atoms with Crippen LogP contribution in [0.1, 0.15) is 11.3 Å². The van der Waals surface area contributed by atoms with E-state index in [0.717, 1.165) is 43.5 Å². The highest BCUT2D eigenvalue weighted by Crippen LogP contribution is 2.29. The Labute approximate surface area is 125 Å². The summed E-state index contributed by atoms with van der Waals surface area (Å²) >= 11 is 0. The molecular formula is C17H21N3O. The molecule has 0 saturated carbocycles. The van der Waals surface area contributed by atoms with E-state index in [-0.39, 0.29) is 0 Å². The van der Waals surface area contributed by atoms with E-state index in [9.17, 15) is 0 Å². The second-order valence-corrected chi connectivity index (χ2v) is 5.53. The molecule has 1 fully saturated rings. The average molecular weight is 283 g/mol. The minimum Gasteiger partial charge on any atom is -0.399 e. The Bertz CT molecular complexity index is 648. The van der Waals surface area contributed by atoms with Crippen molar-refractivity contribution in [1.82, 2.24) is 4.98 Å². The van der Waals surface area contributed by atoms with Gasteiger partial charge in [0.2, 0.25) is 0 Å². The van der Waals surface area contributed by atoms with E-state index in [1.807, 2.05) is 19.1 Å². The van der Waals surface area contributed by atoms with Crippen LogP contribution in [-0.2, 0) is 4.74 Å². The van der Waals surface area contributed by atoms with Crippen molar-refractivity contribution in [1.29, 1.82) is 0 Å². The molecule has 1 aliphatic heterocycles. The van der Waals surface area contributed by atoms with Gasteiger partial charge in [-0.2, -0.15) is 0 Å². The smallest absolute Gasteiger partial charge is 0.129 e. The van der Waals surface area contributed by atoms with Crippen LogP contribution < -0.4 is 10.6 Å². The molecule has 0 radical (unpaired) electrons. The van der Waals surface area contributed by atoms with Crippen molar-refractivity contribution in [3.05, 3.63) is 41.6 Å². The summed E-state index contributed by atoms with van der Waals surface area (Å²) in [5.74, 6) is 1.02. The van der Waals surface area contributed by atoms with E-state index in [1.165, 1.54) is 16.7 Å². The van der Waals surface area contributed by atoms with E-state index in [4.69, 9.17) is 10.5 Å². The van der Waals surface area contributed by atoms with Gasteiger partial charge in [0.1, 0.15) is 5.82 Å². The van der Waals surface area contributed by atoms with Crippen molar-refractivity contribution >= 4 is 11.5 Å². The van der Waals surface area contributed by atoms with Gasteiger partial charge in [0.15, 0.2) is 0 Å². The molecule has 0 amide bonds. The second-order valence-electron chi connectivity index (χ2n) is 5.53. The minimum absolute atomic E-state index is 0.766. The van der Waals surface area contributed by atoms with Gasteiger partial charge in [-0.1, -0.05) is 6.07 Å². The summed E-state index contributed by atoms with van der Waals surface area (Å²) in [4.78, 5) is 6.95. The van der Waals surface area contributed by atoms with Crippen molar-refractivity contribution in [2.45, 2.75) is 13.8 Å². The lowest BCUT2D eigenvalue weighted by Crippen LogP contribution is -2.36. The van der Waals surface area contributed by atoms with Gasteiger partial charge in [0.25, 0.3) is 0 Å². The van der Waals surface area contributed by atoms with Crippen LogP contribution in [0.3, 0.4) is 0 Å². The molecule has 1 aromatic carbocycles. The van der Waals surface area contributed by atoms with Gasteiger partial charge in [-0.05, 0) is 54.8 Å². The molecule has 2 N–H and O–H groups in total. The molecule has 0 unspecified atom stereocenters. The molecule has 1 aromatic heterocycles. The molecule has 1 saturated heterocycles. The van der Waals surface area contributed by atoms with Crippen LogP contribution >= 0.6 is 0 Å². The van der Waals surface area contributed by atoms with Gasteiger partial charge in [0, 0.05) is 24.5 Å². The number of nitrogens with two attached hydrogens (primary N) is 1. The molecule has 2 aromatic rings. The summed E-state index contributed by atoms with van der Waals surface area (Å²) in [6.07, 6.45) is 0. The summed E-state index contributed by atoms with van der Waals surface area (Å²) in [6, 6.07) is 10.3. The third kappa shape index (κ3) is 3.00. The number of aryl methyl sites for hydroxylation is 2. The lowest BCUT2D eigenvalue weighted by Gasteiger charge is -2.28. The zero-order chi connectivity index (χ0) is 14.8. The highest BCUT2D eigenvalue weighted by molar-refractivity contribution is 5.73. The molecule has 4 heteroatoms. The van der Waals surface area contributed by atoms with Crippen LogP contribution in [0.2, 0.25) is 0 Å². The molecule has 0 spiro atoms. The van der Waals surface area contributed by atoms with Crippen molar-refractivity contribution in [2.75, 3.05) is 36.9 Å². The monoisotopic (exact) mass is 283 g/mol. The van der Waals surface area contributed by atoms with Crippen molar-refractivity contribution < 1.29 is 4.74 Å². The fourth-order valence-corrected chi connectivity index (χ4v) is 2.71. The summed E-state index contributed by atoms with van der Waals surface area (Å²) < 4.78 is 5.42. The van der Waals surface area contributed by atoms with Gasteiger partial charge in [-0.15, -0.1) is 0 Å². The van der Waals surface area contributed by atoms with Crippen molar-refractivity contribution in [2.24, 2.45) is 0 Å². The van der Waals surface area contributed by atoms with Crippen LogP contribution in [-0.4, -0.2) is 31.3 Å². The lowest BCUT2D eigenvalue weighted by molar-refractivity contribution is 0.122. The van der Waals surface area contributed by atoms with Gasteiger partial charge >= 0.3 is 0 Å². The Balaban J connectivity index is 2.02. The van der Waals surface area contributed by atoms with E-state index < -0.39 is 0 Å². The first-order chi connectivity index (χ1) is 10.1. The zero-order valence-corrected chi connectivity index (χ0v) is 12.6. The first-order valence-corrected chi connectivity index (χ1v) is 7.31. The van der Waals surface area contributed by atoms with Gasteiger partial charge in [-0.25, -0.2) is 4.98 Å². The molecular weight excluding hydrogens is 262 g/mol. The van der Waals surface area contributed by atoms with Crippen LogP contribution in [0.25, 0.3) is 11.1 Å². The number of morpholine rings is 1. The summed E-state index contributed by atoms with van der Waals surface area (Å²) in [6.45, 7) is 7.47. The van der Waals surface area contributed by atoms with Gasteiger partial charge in [-0.3, -0.25) is 0 Å². The number of ether oxygens (including phenoxy) is 1. The number of aromatic nitrogens is 1. The number of pyridine rings is 1. The van der Waals surface area contributed by atoms with Gasteiger partial charge in [0.05, 0.1) is 13.2 Å². The highest BCUT2D eigenvalue weighted by Gasteiger charge is 2.14. The molecule has 21 heavy (non-hydrogen) atoms. The normalized spacial score (nSPS) is 15.2. The Morgan fingerprint density at radius 1 is 1.10 bits per heavy atom. The van der Waals surface area contributed by atoms with E-state index in [2.05, 4.69) is 35.0 Å². The maximum absolute atomic E-state index is 5.94. The van der Waals surface area contributed by atoms with Crippen molar-refractivity contribution in [3.63, 3.8) is 0 Å². The molecule has 2 heterocycles. The third-order valence-electron chi connectivity index (χ3n) is 3.85. The standard InChI is InChI=1S/C17H21N3O/c1-12-3-4-15(18)11-16(12)14-9-13(2)19-17(10-14)20-5-7-21-8-6-20/h3-4,9-11H,5-8,18H2,1-2H3. The number of nitrogen functional groups attached to an aromatic ring is 1. The quantitative estimate of drug-likeness (QED) is 0.861. The molecule has 4 nitrogen and oxygen atoms in total. The summed E-state index contributed by atoms with van der Waals surface area (Å²) in [5, 5.41) is 0. The topological polar surface area (TPSA) is 51.4 Å². The Morgan fingerprint density at radius 2 is 1.86 bits per heavy atom. The second kappa shape index (κ2) is 5.74. The van der Waals surface area contributed by atoms with E-state index in [0.29, 0.717) is 0 Å². The molecule has 0 aliphatic carbocycles. The molecule has 0 bridgehead atoms. The number of anilines is 2. The Kier molecular flexibility index (Phi) is 3.80. The van der Waals surface area contributed by atoms with Crippen LogP contribution in [0.5, 0.6) is 0 Å². The Hall–Kier alpha value is -2.07. The largest absolute Gasteiger partial charge is 0.399 e. The number of benzene rings is 1. The van der Waals surface area contributed by atoms with Crippen LogP contribution in [0.4, 0.5) is 11.5 Å². The highest BCUT2D eigenvalue weighted by atomic mass is 16.5. The maximum Gasteiger partial charge on any atom is 0.129 e. The number of rotatable bonds is 2. The molecule has 3 rings (SSSR count). The molecule has 1 aliphatic rings. The maximum atomic E-state index is 5.94. The lowest BCUT2D eigenvalue weighted by atomic mass is 10.00. The predicted molar refractivity (Wildman–Crippen MR) is 86.6 cm³/mol. The van der Waals surface area contributed by atoms with Gasteiger partial charge < -0.3 is 15.4 Å². The first kappa shape index (κ1) is 13.9. The summed E-state index contributed by atoms with van der Waals surface area (Å²) in [7, 11) is 0. The van der Waals surface area contributed by atoms with Crippen LogP contribution in [0, 0.1) is 13.8 Å². The minimum atomic E-state index is 0.766.